The summed E-state index contributed by atoms with van der Waals surface area (Å²) in [6.07, 6.45) is 0. The molecule has 0 bridgehead atoms. The Morgan fingerprint density at radius 3 is 2.83 bits per heavy atom. The van der Waals surface area contributed by atoms with Crippen LogP contribution in [-0.2, 0) is 20.0 Å². The van der Waals surface area contributed by atoms with Crippen LogP contribution in [0.15, 0.2) is 14.5 Å². The van der Waals surface area contributed by atoms with Crippen molar-refractivity contribution in [2.24, 2.45) is 5.14 Å². The molecule has 0 aliphatic carbocycles. The lowest BCUT2D eigenvalue weighted by molar-refractivity contribution is 0.505. The molecule has 0 unspecified atom stereocenters. The van der Waals surface area contributed by atoms with Crippen molar-refractivity contribution in [2.75, 3.05) is 13.1 Å². The van der Waals surface area contributed by atoms with Crippen molar-refractivity contribution < 1.29 is 16.8 Å². The minimum absolute atomic E-state index is 0.0173. The summed E-state index contributed by atoms with van der Waals surface area (Å²) < 4.78 is 48.4. The molecule has 2 rings (SSSR count). The molecule has 1 aromatic heterocycles. The van der Waals surface area contributed by atoms with E-state index in [1.807, 2.05) is 6.92 Å². The Kier molecular flexibility index (Phi) is 3.51. The molecule has 1 aromatic rings. The van der Waals surface area contributed by atoms with Gasteiger partial charge >= 0.3 is 0 Å². The summed E-state index contributed by atoms with van der Waals surface area (Å²) in [6.45, 7) is 2.73. The lowest BCUT2D eigenvalue weighted by Gasteiger charge is -2.23. The van der Waals surface area contributed by atoms with E-state index in [0.717, 1.165) is 0 Å². The van der Waals surface area contributed by atoms with Crippen LogP contribution >= 0.6 is 11.3 Å². The molecule has 1 atom stereocenters. The first-order chi connectivity index (χ1) is 8.25. The third kappa shape index (κ3) is 2.44. The molecule has 0 saturated heterocycles. The Labute approximate surface area is 109 Å². The molecule has 0 aromatic carbocycles. The topological polar surface area (TPSA) is 118 Å². The number of thiophene rings is 1. The maximum absolute atomic E-state index is 11.8. The van der Waals surface area contributed by atoms with Crippen LogP contribution in [0.1, 0.15) is 18.5 Å². The number of likely N-dealkylation sites (N-methyl/N-ethyl adjacent to an activating group) is 1. The molecule has 18 heavy (non-hydrogen) atoms. The van der Waals surface area contributed by atoms with E-state index in [1.54, 1.807) is 0 Å². The van der Waals surface area contributed by atoms with Gasteiger partial charge in [0.25, 0.3) is 0 Å². The number of hydrogen-bond acceptors (Lipinski definition) is 6. The lowest BCUT2D eigenvalue weighted by Crippen LogP contribution is -2.39. The minimum atomic E-state index is -3.89. The van der Waals surface area contributed by atoms with E-state index in [4.69, 9.17) is 5.14 Å². The van der Waals surface area contributed by atoms with Gasteiger partial charge in [0.1, 0.15) is 8.42 Å². The summed E-state index contributed by atoms with van der Waals surface area (Å²) in [6, 6.07) is 1.10. The highest BCUT2D eigenvalue weighted by atomic mass is 32.3. The summed E-state index contributed by atoms with van der Waals surface area (Å²) in [5, 5.41) is 8.11. The zero-order valence-corrected chi connectivity index (χ0v) is 12.0. The highest BCUT2D eigenvalue weighted by Gasteiger charge is 2.33. The van der Waals surface area contributed by atoms with Gasteiger partial charge in [-0.15, -0.1) is 11.3 Å². The van der Waals surface area contributed by atoms with Crippen molar-refractivity contribution >= 4 is 31.4 Å². The summed E-state index contributed by atoms with van der Waals surface area (Å²) in [5.74, 6) is 0. The van der Waals surface area contributed by atoms with Gasteiger partial charge in [0, 0.05) is 18.2 Å². The highest BCUT2D eigenvalue weighted by Crippen LogP contribution is 2.36. The van der Waals surface area contributed by atoms with E-state index in [2.05, 4.69) is 10.0 Å². The monoisotopic (exact) mass is 311 g/mol. The van der Waals surface area contributed by atoms with Crippen LogP contribution in [0.25, 0.3) is 0 Å². The van der Waals surface area contributed by atoms with Gasteiger partial charge in [-0.25, -0.2) is 26.7 Å². The van der Waals surface area contributed by atoms with Gasteiger partial charge in [-0.2, -0.15) is 0 Å². The van der Waals surface area contributed by atoms with Gasteiger partial charge in [-0.3, -0.25) is 0 Å². The Bertz CT molecular complexity index is 662. The van der Waals surface area contributed by atoms with E-state index in [1.165, 1.54) is 6.07 Å². The molecule has 0 spiro atoms. The van der Waals surface area contributed by atoms with Crippen LogP contribution in [0.5, 0.6) is 0 Å². The molecule has 7 nitrogen and oxygen atoms in total. The largest absolute Gasteiger partial charge is 0.309 e. The third-order valence-corrected chi connectivity index (χ3v) is 7.07. The summed E-state index contributed by atoms with van der Waals surface area (Å²) in [7, 11) is -7.51. The van der Waals surface area contributed by atoms with Crippen molar-refractivity contribution in [3.8, 4) is 0 Å². The number of rotatable bonds is 3. The van der Waals surface area contributed by atoms with Gasteiger partial charge in [-0.05, 0) is 12.6 Å². The number of fused-ring (bicyclic) bond motifs is 1. The number of primary sulfonamides is 1. The Hall–Kier alpha value is -0.520. The molecule has 2 heterocycles. The van der Waals surface area contributed by atoms with Gasteiger partial charge in [0.15, 0.2) is 0 Å². The smallest absolute Gasteiger partial charge is 0.250 e. The zero-order valence-electron chi connectivity index (χ0n) is 9.50. The van der Waals surface area contributed by atoms with Gasteiger partial charge in [0.2, 0.25) is 20.0 Å². The van der Waals surface area contributed by atoms with Gasteiger partial charge in [-0.1, -0.05) is 6.92 Å². The van der Waals surface area contributed by atoms with Crippen LogP contribution < -0.4 is 15.2 Å². The van der Waals surface area contributed by atoms with E-state index < -0.39 is 20.0 Å². The molecule has 4 N–H and O–H groups in total. The zero-order chi connectivity index (χ0) is 13.6. The summed E-state index contributed by atoms with van der Waals surface area (Å²) >= 11 is 0.675. The molecular weight excluding hydrogens is 298 g/mol. The molecule has 10 heteroatoms. The molecule has 102 valence electrons. The Morgan fingerprint density at radius 2 is 2.28 bits per heavy atom. The number of hydrogen-bond donors (Lipinski definition) is 3. The highest BCUT2D eigenvalue weighted by molar-refractivity contribution is 7.94. The third-order valence-electron chi connectivity index (χ3n) is 2.53. The molecule has 0 radical (unpaired) electrons. The predicted octanol–water partition coefficient (Wildman–Crippen LogP) is -0.662. The molecule has 1 aliphatic rings. The maximum Gasteiger partial charge on any atom is 0.250 e. The maximum atomic E-state index is 11.8. The first kappa shape index (κ1) is 13.9. The SMILES string of the molecule is CCN[C@H]1CNS(=O)(=O)c2sc(S(N)(=O)=O)cc21. The second kappa shape index (κ2) is 4.54. The predicted molar refractivity (Wildman–Crippen MR) is 67.3 cm³/mol. The van der Waals surface area contributed by atoms with Crippen LogP contribution in [-0.4, -0.2) is 29.9 Å². The number of nitrogens with two attached hydrogens (primary N) is 1. The fraction of sp³-hybridized carbons (Fsp3) is 0.500. The second-order valence-electron chi connectivity index (χ2n) is 3.82. The fourth-order valence-corrected chi connectivity index (χ4v) is 5.52. The normalized spacial score (nSPS) is 22.7. The van der Waals surface area contributed by atoms with Gasteiger partial charge < -0.3 is 5.32 Å². The van der Waals surface area contributed by atoms with Crippen LogP contribution in [0.2, 0.25) is 0 Å². The molecule has 1 aliphatic heterocycles. The standard InChI is InChI=1S/C8H13N3O4S3/c1-2-10-6-4-11-18(14,15)8-5(6)3-7(16-8)17(9,12)13/h3,6,10-11H,2,4H2,1H3,(H2,9,12,13)/t6-/m0/s1. The average molecular weight is 311 g/mol. The van der Waals surface area contributed by atoms with Crippen molar-refractivity contribution in [1.82, 2.24) is 10.0 Å². The fourth-order valence-electron chi connectivity index (χ4n) is 1.76. The van der Waals surface area contributed by atoms with Crippen LogP contribution in [0, 0.1) is 0 Å². The molecule has 0 amide bonds. The lowest BCUT2D eigenvalue weighted by atomic mass is 10.1. The molecule has 0 saturated carbocycles. The summed E-state index contributed by atoms with van der Waals surface area (Å²) in [4.78, 5) is 0. The van der Waals surface area contributed by atoms with Crippen molar-refractivity contribution in [1.29, 1.82) is 0 Å². The number of nitrogens with one attached hydrogen (secondary N) is 2. The van der Waals surface area contributed by atoms with E-state index in [9.17, 15) is 16.8 Å². The van der Waals surface area contributed by atoms with Gasteiger partial charge in [0.05, 0.1) is 0 Å². The first-order valence-corrected chi connectivity index (χ1v) is 9.00. The Balaban J connectivity index is 2.60. The molecule has 0 fully saturated rings. The second-order valence-corrected chi connectivity index (χ2v) is 8.62. The molecular formula is C8H13N3O4S3. The van der Waals surface area contributed by atoms with E-state index in [0.29, 0.717) is 23.4 Å². The quantitative estimate of drug-likeness (QED) is 0.684. The average Bonchev–Trinajstić information content (AvgIpc) is 2.68. The number of sulfonamides is 2. The minimum Gasteiger partial charge on any atom is -0.309 e. The van der Waals surface area contributed by atoms with Crippen molar-refractivity contribution in [3.63, 3.8) is 0 Å². The van der Waals surface area contributed by atoms with Crippen LogP contribution in [0.3, 0.4) is 0 Å². The van der Waals surface area contributed by atoms with E-state index >= 15 is 0 Å². The van der Waals surface area contributed by atoms with Crippen LogP contribution in [0.4, 0.5) is 0 Å². The van der Waals surface area contributed by atoms with E-state index in [-0.39, 0.29) is 21.0 Å². The first-order valence-electron chi connectivity index (χ1n) is 5.15. The van der Waals surface area contributed by atoms with Crippen molar-refractivity contribution in [2.45, 2.75) is 21.4 Å². The Morgan fingerprint density at radius 1 is 1.61 bits per heavy atom. The van der Waals surface area contributed by atoms with Crippen molar-refractivity contribution in [3.05, 3.63) is 11.6 Å². The summed E-state index contributed by atoms with van der Waals surface area (Å²) in [5.41, 5.74) is 0.463.